The van der Waals surface area contributed by atoms with Crippen molar-refractivity contribution in [1.29, 1.82) is 0 Å². The van der Waals surface area contributed by atoms with E-state index < -0.39 is 0 Å². The monoisotopic (exact) mass is 370 g/mol. The van der Waals surface area contributed by atoms with Gasteiger partial charge in [-0.2, -0.15) is 0 Å². The zero-order valence-corrected chi connectivity index (χ0v) is 16.2. The van der Waals surface area contributed by atoms with Crippen LogP contribution in [0.1, 0.15) is 69.6 Å². The third kappa shape index (κ3) is 4.65. The minimum Gasteiger partial charge on any atom is -0.363 e. The van der Waals surface area contributed by atoms with E-state index in [0.29, 0.717) is 0 Å². The van der Waals surface area contributed by atoms with E-state index in [1.807, 2.05) is 24.3 Å². The summed E-state index contributed by atoms with van der Waals surface area (Å²) in [5.41, 5.74) is 3.03. The van der Waals surface area contributed by atoms with Crippen LogP contribution in [0.4, 0.5) is 8.78 Å². The molecule has 0 N–H and O–H groups in total. The second kappa shape index (κ2) is 8.79. The SMILES string of the molecule is CCC/C(=C/c1ccc(F)cc1)C1(CCC)CCC(c2ccc(F)cc2)O1. The van der Waals surface area contributed by atoms with E-state index in [1.165, 1.54) is 29.8 Å². The lowest BCUT2D eigenvalue weighted by Gasteiger charge is -2.33. The lowest BCUT2D eigenvalue weighted by molar-refractivity contribution is -0.0239. The van der Waals surface area contributed by atoms with E-state index in [2.05, 4.69) is 19.9 Å². The molecule has 0 radical (unpaired) electrons. The Hall–Kier alpha value is -2.00. The van der Waals surface area contributed by atoms with Crippen LogP contribution in [0.3, 0.4) is 0 Å². The third-order valence-corrected chi connectivity index (χ3v) is 5.39. The lowest BCUT2D eigenvalue weighted by atomic mass is 9.82. The Bertz CT molecular complexity index is 764. The van der Waals surface area contributed by atoms with Crippen LogP contribution in [0.2, 0.25) is 0 Å². The minimum absolute atomic E-state index is 0.00868. The molecule has 2 atom stereocenters. The van der Waals surface area contributed by atoms with Gasteiger partial charge in [0.1, 0.15) is 11.6 Å². The summed E-state index contributed by atoms with van der Waals surface area (Å²) in [6.07, 6.45) is 8.01. The fourth-order valence-corrected chi connectivity index (χ4v) is 4.11. The van der Waals surface area contributed by atoms with Gasteiger partial charge in [-0.15, -0.1) is 0 Å². The molecule has 1 saturated heterocycles. The molecule has 0 amide bonds. The molecular formula is C24H28F2O. The second-order valence-electron chi connectivity index (χ2n) is 7.41. The van der Waals surface area contributed by atoms with Gasteiger partial charge in [0.15, 0.2) is 0 Å². The van der Waals surface area contributed by atoms with Crippen LogP contribution in [0.5, 0.6) is 0 Å². The predicted octanol–water partition coefficient (Wildman–Crippen LogP) is 7.24. The first kappa shape index (κ1) is 19.8. The maximum absolute atomic E-state index is 13.3. The van der Waals surface area contributed by atoms with Gasteiger partial charge in [-0.25, -0.2) is 8.78 Å². The van der Waals surface area contributed by atoms with Gasteiger partial charge in [0.05, 0.1) is 11.7 Å². The van der Waals surface area contributed by atoms with Crippen LogP contribution < -0.4 is 0 Å². The molecule has 27 heavy (non-hydrogen) atoms. The molecule has 144 valence electrons. The summed E-state index contributed by atoms with van der Waals surface area (Å²) in [6, 6.07) is 13.3. The molecular weight excluding hydrogens is 342 g/mol. The minimum atomic E-state index is -0.293. The molecule has 0 bridgehead atoms. The number of rotatable bonds is 7. The molecule has 0 spiro atoms. The van der Waals surface area contributed by atoms with Crippen molar-refractivity contribution in [2.75, 3.05) is 0 Å². The molecule has 1 aliphatic rings. The van der Waals surface area contributed by atoms with E-state index in [1.54, 1.807) is 0 Å². The van der Waals surface area contributed by atoms with Gasteiger partial charge in [0, 0.05) is 0 Å². The van der Waals surface area contributed by atoms with Crippen LogP contribution in [0.15, 0.2) is 54.1 Å². The van der Waals surface area contributed by atoms with Gasteiger partial charge in [0.2, 0.25) is 0 Å². The highest BCUT2D eigenvalue weighted by Crippen LogP contribution is 2.47. The standard InChI is InChI=1S/C24H28F2O/c1-3-5-20(17-18-6-10-21(25)11-7-18)24(15-4-2)16-14-23(27-24)19-8-12-22(26)13-9-19/h6-13,17,23H,3-5,14-16H2,1-2H3/b20-17-. The first-order valence-electron chi connectivity index (χ1n) is 9.96. The highest BCUT2D eigenvalue weighted by atomic mass is 19.1. The maximum atomic E-state index is 13.3. The fraction of sp³-hybridized carbons (Fsp3) is 0.417. The highest BCUT2D eigenvalue weighted by molar-refractivity contribution is 5.55. The summed E-state index contributed by atoms with van der Waals surface area (Å²) in [7, 11) is 0. The molecule has 2 unspecified atom stereocenters. The first-order chi connectivity index (χ1) is 13.1. The van der Waals surface area contributed by atoms with Crippen LogP contribution in [0, 0.1) is 11.6 Å². The van der Waals surface area contributed by atoms with E-state index in [9.17, 15) is 8.78 Å². The summed E-state index contributed by atoms with van der Waals surface area (Å²) >= 11 is 0. The molecule has 2 aromatic carbocycles. The zero-order valence-electron chi connectivity index (χ0n) is 16.2. The zero-order chi connectivity index (χ0) is 19.3. The topological polar surface area (TPSA) is 9.23 Å². The average Bonchev–Trinajstić information content (AvgIpc) is 3.09. The van der Waals surface area contributed by atoms with Crippen LogP contribution >= 0.6 is 0 Å². The molecule has 1 nitrogen and oxygen atoms in total. The van der Waals surface area contributed by atoms with Crippen molar-refractivity contribution >= 4 is 6.08 Å². The normalized spacial score (nSPS) is 23.0. The van der Waals surface area contributed by atoms with Crippen molar-refractivity contribution in [2.24, 2.45) is 0 Å². The van der Waals surface area contributed by atoms with Gasteiger partial charge in [-0.05, 0) is 66.6 Å². The van der Waals surface area contributed by atoms with Crippen molar-refractivity contribution in [3.63, 3.8) is 0 Å². The van der Waals surface area contributed by atoms with Crippen molar-refractivity contribution in [3.05, 3.63) is 76.9 Å². The van der Waals surface area contributed by atoms with Gasteiger partial charge in [-0.1, -0.05) is 57.0 Å². The van der Waals surface area contributed by atoms with Crippen molar-refractivity contribution in [2.45, 2.75) is 64.1 Å². The Labute approximate surface area is 161 Å². The summed E-state index contributed by atoms with van der Waals surface area (Å²) < 4.78 is 33.2. The van der Waals surface area contributed by atoms with Gasteiger partial charge < -0.3 is 4.74 Å². The largest absolute Gasteiger partial charge is 0.363 e. The predicted molar refractivity (Wildman–Crippen MR) is 106 cm³/mol. The van der Waals surface area contributed by atoms with Crippen LogP contribution in [-0.4, -0.2) is 5.60 Å². The summed E-state index contributed by atoms with van der Waals surface area (Å²) in [4.78, 5) is 0. The number of halogens is 2. The smallest absolute Gasteiger partial charge is 0.123 e. The highest BCUT2D eigenvalue weighted by Gasteiger charge is 2.42. The summed E-state index contributed by atoms with van der Waals surface area (Å²) in [6.45, 7) is 4.35. The number of benzene rings is 2. The Kier molecular flexibility index (Phi) is 6.43. The van der Waals surface area contributed by atoms with E-state index in [-0.39, 0.29) is 23.3 Å². The van der Waals surface area contributed by atoms with Gasteiger partial charge in [0.25, 0.3) is 0 Å². The van der Waals surface area contributed by atoms with Crippen molar-refractivity contribution < 1.29 is 13.5 Å². The molecule has 1 heterocycles. The Morgan fingerprint density at radius 1 is 1.00 bits per heavy atom. The van der Waals surface area contributed by atoms with E-state index >= 15 is 0 Å². The lowest BCUT2D eigenvalue weighted by Crippen LogP contribution is -2.30. The molecule has 1 aliphatic heterocycles. The van der Waals surface area contributed by atoms with Crippen molar-refractivity contribution in [3.8, 4) is 0 Å². The average molecular weight is 370 g/mol. The molecule has 3 heteroatoms. The molecule has 2 aromatic rings. The molecule has 0 aromatic heterocycles. The number of hydrogen-bond acceptors (Lipinski definition) is 1. The molecule has 3 rings (SSSR count). The first-order valence-corrected chi connectivity index (χ1v) is 9.96. The number of ether oxygens (including phenoxy) is 1. The van der Waals surface area contributed by atoms with Crippen LogP contribution in [-0.2, 0) is 4.74 Å². The second-order valence-corrected chi connectivity index (χ2v) is 7.41. The molecule has 1 fully saturated rings. The molecule has 0 saturated carbocycles. The van der Waals surface area contributed by atoms with E-state index in [0.717, 1.165) is 49.7 Å². The Morgan fingerprint density at radius 2 is 1.63 bits per heavy atom. The fourth-order valence-electron chi connectivity index (χ4n) is 4.11. The van der Waals surface area contributed by atoms with Crippen LogP contribution in [0.25, 0.3) is 6.08 Å². The number of hydrogen-bond donors (Lipinski definition) is 0. The Balaban J connectivity index is 1.91. The Morgan fingerprint density at radius 3 is 2.22 bits per heavy atom. The third-order valence-electron chi connectivity index (χ3n) is 5.39. The van der Waals surface area contributed by atoms with Crippen molar-refractivity contribution in [1.82, 2.24) is 0 Å². The summed E-state index contributed by atoms with van der Waals surface area (Å²) in [5, 5.41) is 0. The van der Waals surface area contributed by atoms with E-state index in [4.69, 9.17) is 4.74 Å². The quantitative estimate of drug-likeness (QED) is 0.499. The molecule has 0 aliphatic carbocycles. The van der Waals surface area contributed by atoms with Gasteiger partial charge in [-0.3, -0.25) is 0 Å². The maximum Gasteiger partial charge on any atom is 0.123 e. The van der Waals surface area contributed by atoms with Gasteiger partial charge >= 0.3 is 0 Å². The summed E-state index contributed by atoms with van der Waals surface area (Å²) in [5.74, 6) is -0.444.